The Kier molecular flexibility index (Phi) is 9.77. The highest BCUT2D eigenvalue weighted by Crippen LogP contribution is 2.40. The first-order chi connectivity index (χ1) is 17.7. The van der Waals surface area contributed by atoms with Gasteiger partial charge in [0, 0.05) is 51.1 Å². The number of ketones is 1. The van der Waals surface area contributed by atoms with Gasteiger partial charge in [-0.25, -0.2) is 4.39 Å². The predicted molar refractivity (Wildman–Crippen MR) is 136 cm³/mol. The smallest absolute Gasteiger partial charge is 0.325 e. The monoisotopic (exact) mass is 514 g/mol. The quantitative estimate of drug-likeness (QED) is 0.384. The van der Waals surface area contributed by atoms with E-state index in [0.29, 0.717) is 42.9 Å². The molecule has 1 aliphatic rings. The van der Waals surface area contributed by atoms with E-state index in [4.69, 9.17) is 9.47 Å². The minimum absolute atomic E-state index is 0.0411. The van der Waals surface area contributed by atoms with E-state index in [1.165, 1.54) is 30.0 Å². The van der Waals surface area contributed by atoms with Crippen molar-refractivity contribution in [1.29, 1.82) is 0 Å². The number of carbonyl (C=O) groups excluding carboxylic acids is 3. The van der Waals surface area contributed by atoms with Crippen molar-refractivity contribution in [3.05, 3.63) is 65.0 Å². The van der Waals surface area contributed by atoms with Gasteiger partial charge in [0.05, 0.1) is 19.3 Å². The summed E-state index contributed by atoms with van der Waals surface area (Å²) in [5.41, 5.74) is 1.30. The molecule has 1 saturated heterocycles. The number of phenolic OH excluding ortho intramolecular Hbond substituents is 1. The fourth-order valence-electron chi connectivity index (χ4n) is 5.14. The van der Waals surface area contributed by atoms with Crippen LogP contribution in [0.2, 0.25) is 0 Å². The number of carbonyl (C=O) groups is 3. The van der Waals surface area contributed by atoms with Crippen molar-refractivity contribution < 1.29 is 33.4 Å². The molecule has 8 nitrogen and oxygen atoms in total. The first kappa shape index (κ1) is 28.3. The van der Waals surface area contributed by atoms with Crippen molar-refractivity contribution in [2.24, 2.45) is 5.92 Å². The molecule has 200 valence electrons. The number of benzene rings is 2. The van der Waals surface area contributed by atoms with Gasteiger partial charge >= 0.3 is 5.97 Å². The molecule has 1 fully saturated rings. The SMILES string of the molecule is CCOC(=O)CN(C(C)=O)[C@@H]1CN(CCOC)C[C@H](C(=O)c2cccc(O)c2)[C@H]1c1cccc(F)c1C. The second kappa shape index (κ2) is 12.8. The first-order valence-corrected chi connectivity index (χ1v) is 12.4. The summed E-state index contributed by atoms with van der Waals surface area (Å²) < 4.78 is 25.2. The number of halogens is 1. The van der Waals surface area contributed by atoms with Gasteiger partial charge in [0.1, 0.15) is 18.1 Å². The summed E-state index contributed by atoms with van der Waals surface area (Å²) in [6, 6.07) is 10.2. The third-order valence-electron chi connectivity index (χ3n) is 6.91. The standard InChI is InChI=1S/C28H35FN2O6/c1-5-37-26(34)17-31(19(3)32)25-16-30(12-13-36-4)15-23(28(35)20-8-6-9-21(33)14-20)27(25)22-10-7-11-24(29)18(22)2/h6-11,14,23,25,27,33H,5,12-13,15-17H2,1-4H3/t23-,25+,27+/m0/s1. The number of aromatic hydroxyl groups is 1. The van der Waals surface area contributed by atoms with Crippen LogP contribution in [0.25, 0.3) is 0 Å². The zero-order valence-electron chi connectivity index (χ0n) is 21.8. The van der Waals surface area contributed by atoms with Crippen LogP contribution >= 0.6 is 0 Å². The molecule has 0 spiro atoms. The number of phenols is 1. The highest BCUT2D eigenvalue weighted by molar-refractivity contribution is 5.99. The Morgan fingerprint density at radius 3 is 2.54 bits per heavy atom. The van der Waals surface area contributed by atoms with Crippen LogP contribution in [-0.4, -0.2) is 85.1 Å². The van der Waals surface area contributed by atoms with Crippen molar-refractivity contribution in [1.82, 2.24) is 9.80 Å². The van der Waals surface area contributed by atoms with Gasteiger partial charge in [-0.15, -0.1) is 0 Å². The van der Waals surface area contributed by atoms with Crippen molar-refractivity contribution in [2.75, 3.05) is 46.5 Å². The van der Waals surface area contributed by atoms with Gasteiger partial charge < -0.3 is 19.5 Å². The molecular formula is C28H35FN2O6. The Balaban J connectivity index is 2.17. The molecule has 37 heavy (non-hydrogen) atoms. The van der Waals surface area contributed by atoms with E-state index in [1.54, 1.807) is 45.2 Å². The lowest BCUT2D eigenvalue weighted by molar-refractivity contribution is -0.151. The zero-order valence-corrected chi connectivity index (χ0v) is 21.8. The molecular weight excluding hydrogens is 479 g/mol. The van der Waals surface area contributed by atoms with Crippen LogP contribution in [0.3, 0.4) is 0 Å². The fourth-order valence-corrected chi connectivity index (χ4v) is 5.14. The number of hydrogen-bond acceptors (Lipinski definition) is 7. The van der Waals surface area contributed by atoms with E-state index in [9.17, 15) is 23.9 Å². The van der Waals surface area contributed by atoms with Crippen LogP contribution in [0.1, 0.15) is 41.3 Å². The highest BCUT2D eigenvalue weighted by atomic mass is 19.1. The Hall–Kier alpha value is -3.30. The van der Waals surface area contributed by atoms with E-state index in [2.05, 4.69) is 0 Å². The number of methoxy groups -OCH3 is 1. The number of nitrogens with zero attached hydrogens (tertiary/aromatic N) is 2. The molecule has 1 N–H and O–H groups in total. The fraction of sp³-hybridized carbons (Fsp3) is 0.464. The summed E-state index contributed by atoms with van der Waals surface area (Å²) in [5, 5.41) is 10.0. The number of piperidine rings is 1. The maximum absolute atomic E-state index is 14.8. The lowest BCUT2D eigenvalue weighted by atomic mass is 9.72. The number of Topliss-reactive ketones (excluding diaryl/α,β-unsaturated/α-hetero) is 1. The molecule has 9 heteroatoms. The number of esters is 1. The molecule has 0 aromatic heterocycles. The van der Waals surface area contributed by atoms with Gasteiger partial charge in [-0.05, 0) is 43.2 Å². The number of likely N-dealkylation sites (tertiary alicyclic amines) is 1. The normalized spacial score (nSPS) is 19.9. The summed E-state index contributed by atoms with van der Waals surface area (Å²) >= 11 is 0. The largest absolute Gasteiger partial charge is 0.508 e. The second-order valence-electron chi connectivity index (χ2n) is 9.27. The van der Waals surface area contributed by atoms with Crippen LogP contribution in [0.4, 0.5) is 4.39 Å². The molecule has 1 aliphatic heterocycles. The van der Waals surface area contributed by atoms with Crippen LogP contribution in [0.5, 0.6) is 5.75 Å². The van der Waals surface area contributed by atoms with Crippen LogP contribution in [0.15, 0.2) is 42.5 Å². The molecule has 1 amide bonds. The van der Waals surface area contributed by atoms with Crippen molar-refractivity contribution in [2.45, 2.75) is 32.7 Å². The lowest BCUT2D eigenvalue weighted by Gasteiger charge is -2.47. The topological polar surface area (TPSA) is 96.4 Å². The summed E-state index contributed by atoms with van der Waals surface area (Å²) in [6.45, 7) is 6.18. The zero-order chi connectivity index (χ0) is 27.1. The maximum Gasteiger partial charge on any atom is 0.325 e. The van der Waals surface area contributed by atoms with E-state index < -0.39 is 29.7 Å². The van der Waals surface area contributed by atoms with Gasteiger partial charge in [0.2, 0.25) is 5.91 Å². The average Bonchev–Trinajstić information content (AvgIpc) is 2.87. The van der Waals surface area contributed by atoms with Crippen molar-refractivity contribution in [3.8, 4) is 5.75 Å². The number of ether oxygens (including phenoxy) is 2. The Labute approximate surface area is 217 Å². The van der Waals surface area contributed by atoms with E-state index in [0.717, 1.165) is 0 Å². The number of rotatable bonds is 10. The van der Waals surface area contributed by atoms with Crippen molar-refractivity contribution in [3.63, 3.8) is 0 Å². The highest BCUT2D eigenvalue weighted by Gasteiger charge is 2.45. The second-order valence-corrected chi connectivity index (χ2v) is 9.27. The molecule has 1 heterocycles. The average molecular weight is 515 g/mol. The summed E-state index contributed by atoms with van der Waals surface area (Å²) in [4.78, 5) is 42.8. The van der Waals surface area contributed by atoms with Gasteiger partial charge in [-0.3, -0.25) is 19.3 Å². The van der Waals surface area contributed by atoms with Gasteiger partial charge in [-0.1, -0.05) is 24.3 Å². The summed E-state index contributed by atoms with van der Waals surface area (Å²) in [7, 11) is 1.58. The lowest BCUT2D eigenvalue weighted by Crippen LogP contribution is -2.59. The summed E-state index contributed by atoms with van der Waals surface area (Å²) in [6.07, 6.45) is 0. The third kappa shape index (κ3) is 6.72. The van der Waals surface area contributed by atoms with Crippen LogP contribution in [-0.2, 0) is 19.1 Å². The number of hydrogen-bond donors (Lipinski definition) is 1. The Morgan fingerprint density at radius 1 is 1.16 bits per heavy atom. The van der Waals surface area contributed by atoms with E-state index in [-0.39, 0.29) is 30.6 Å². The van der Waals surface area contributed by atoms with Crippen LogP contribution < -0.4 is 0 Å². The predicted octanol–water partition coefficient (Wildman–Crippen LogP) is 3.16. The number of amides is 1. The molecule has 2 aromatic rings. The molecule has 2 aromatic carbocycles. The Morgan fingerprint density at radius 2 is 1.89 bits per heavy atom. The molecule has 0 radical (unpaired) electrons. The molecule has 0 unspecified atom stereocenters. The van der Waals surface area contributed by atoms with Gasteiger partial charge in [0.15, 0.2) is 5.78 Å². The molecule has 3 rings (SSSR count). The summed E-state index contributed by atoms with van der Waals surface area (Å²) in [5.74, 6) is -2.91. The van der Waals surface area contributed by atoms with Crippen molar-refractivity contribution >= 4 is 17.7 Å². The first-order valence-electron chi connectivity index (χ1n) is 12.4. The van der Waals surface area contributed by atoms with E-state index >= 15 is 0 Å². The molecule has 0 saturated carbocycles. The molecule has 3 atom stereocenters. The van der Waals surface area contributed by atoms with E-state index in [1.807, 2.05) is 4.90 Å². The third-order valence-corrected chi connectivity index (χ3v) is 6.91. The maximum atomic E-state index is 14.8. The van der Waals surface area contributed by atoms with Crippen LogP contribution in [0, 0.1) is 18.7 Å². The minimum atomic E-state index is -0.693. The minimum Gasteiger partial charge on any atom is -0.508 e. The van der Waals surface area contributed by atoms with Gasteiger partial charge in [-0.2, -0.15) is 0 Å². The Bertz CT molecular complexity index is 1120. The molecule has 0 bridgehead atoms. The molecule has 0 aliphatic carbocycles. The van der Waals surface area contributed by atoms with Gasteiger partial charge in [0.25, 0.3) is 0 Å².